The largest absolute Gasteiger partial charge is 0.445 e. The lowest BCUT2D eigenvalue weighted by Crippen LogP contribution is -2.63. The number of nitrogens with zero attached hydrogens (tertiary/aromatic N) is 4. The van der Waals surface area contributed by atoms with E-state index in [-0.39, 0.29) is 38.6 Å². The summed E-state index contributed by atoms with van der Waals surface area (Å²) in [6.45, 7) is 0.142. The van der Waals surface area contributed by atoms with Crippen molar-refractivity contribution in [2.75, 3.05) is 26.2 Å². The first kappa shape index (κ1) is 26.4. The normalized spacial score (nSPS) is 32.2. The van der Waals surface area contributed by atoms with Gasteiger partial charge in [0.05, 0.1) is 19.2 Å². The Morgan fingerprint density at radius 3 is 2.32 bits per heavy atom. The van der Waals surface area contributed by atoms with E-state index in [1.165, 1.54) is 9.80 Å². The van der Waals surface area contributed by atoms with Crippen molar-refractivity contribution in [2.45, 2.75) is 81.9 Å². The molecule has 2 saturated heterocycles. The van der Waals surface area contributed by atoms with Crippen molar-refractivity contribution in [1.29, 1.82) is 5.26 Å². The number of halogens is 2. The molecule has 3 atom stereocenters. The highest BCUT2D eigenvalue weighted by Crippen LogP contribution is 2.55. The van der Waals surface area contributed by atoms with Crippen LogP contribution in [0.3, 0.4) is 0 Å². The van der Waals surface area contributed by atoms with Gasteiger partial charge < -0.3 is 14.5 Å². The zero-order valence-corrected chi connectivity index (χ0v) is 21.5. The van der Waals surface area contributed by atoms with Gasteiger partial charge in [0.2, 0.25) is 11.8 Å². The van der Waals surface area contributed by atoms with Gasteiger partial charge in [-0.05, 0) is 50.5 Å². The standard InChI is InChI=1S/C28H34F2N4O4/c29-21-6-13-32(16-21)25(36)27-7-10-28(11-8-27,12-9-27)34(26(37)38-19-20-4-2-1-3-5-20)18-24(35)33-17-22(30)14-23(33)15-31/h1-5,21-23H,6-14,16-19H2/t21-,22+,23+,27?,28?/m1/s1. The van der Waals surface area contributed by atoms with E-state index in [0.717, 1.165) is 5.56 Å². The summed E-state index contributed by atoms with van der Waals surface area (Å²) < 4.78 is 33.5. The Bertz CT molecular complexity index is 1090. The molecule has 38 heavy (non-hydrogen) atoms. The fourth-order valence-corrected chi connectivity index (χ4v) is 6.76. The van der Waals surface area contributed by atoms with E-state index in [1.54, 1.807) is 4.90 Å². The van der Waals surface area contributed by atoms with Crippen LogP contribution >= 0.6 is 0 Å². The van der Waals surface area contributed by atoms with Gasteiger partial charge in [-0.1, -0.05) is 30.3 Å². The minimum absolute atomic E-state index is 0.00291. The molecule has 0 aromatic heterocycles. The maximum atomic E-state index is 14.0. The molecule has 5 fully saturated rings. The maximum Gasteiger partial charge on any atom is 0.411 e. The van der Waals surface area contributed by atoms with Crippen molar-refractivity contribution in [2.24, 2.45) is 5.41 Å². The van der Waals surface area contributed by atoms with Gasteiger partial charge in [-0.15, -0.1) is 0 Å². The number of nitriles is 1. The SMILES string of the molecule is N#C[C@@H]1C[C@H](F)CN1C(=O)CN(C(=O)OCc1ccccc1)C12CCC(C(=O)N3CC[C@@H](F)C3)(CC1)CC2. The molecule has 5 aliphatic rings. The number of amides is 3. The van der Waals surface area contributed by atoms with E-state index in [1.807, 2.05) is 36.4 Å². The van der Waals surface area contributed by atoms with Crippen LogP contribution in [0.4, 0.5) is 13.6 Å². The van der Waals surface area contributed by atoms with Crippen LogP contribution in [0.15, 0.2) is 30.3 Å². The van der Waals surface area contributed by atoms with E-state index < -0.39 is 41.3 Å². The lowest BCUT2D eigenvalue weighted by atomic mass is 9.56. The third-order valence-corrected chi connectivity index (χ3v) is 9.09. The van der Waals surface area contributed by atoms with Crippen molar-refractivity contribution >= 4 is 17.9 Å². The molecule has 204 valence electrons. The molecule has 0 spiro atoms. The van der Waals surface area contributed by atoms with Crippen molar-refractivity contribution in [3.63, 3.8) is 0 Å². The van der Waals surface area contributed by atoms with Gasteiger partial charge in [-0.3, -0.25) is 14.5 Å². The highest BCUT2D eigenvalue weighted by atomic mass is 19.1. The summed E-state index contributed by atoms with van der Waals surface area (Å²) in [7, 11) is 0. The highest BCUT2D eigenvalue weighted by Gasteiger charge is 2.57. The number of rotatable bonds is 6. The van der Waals surface area contributed by atoms with Crippen LogP contribution in [0.2, 0.25) is 0 Å². The van der Waals surface area contributed by atoms with Crippen LogP contribution in [0.1, 0.15) is 56.9 Å². The molecule has 1 aromatic rings. The molecule has 3 saturated carbocycles. The molecule has 0 unspecified atom stereocenters. The Labute approximate surface area is 221 Å². The number of hydrogen-bond donors (Lipinski definition) is 0. The van der Waals surface area contributed by atoms with Crippen LogP contribution in [-0.2, 0) is 20.9 Å². The van der Waals surface area contributed by atoms with Crippen molar-refractivity contribution in [3.8, 4) is 6.07 Å². The first-order chi connectivity index (χ1) is 18.2. The predicted octanol–water partition coefficient (Wildman–Crippen LogP) is 3.75. The summed E-state index contributed by atoms with van der Waals surface area (Å²) in [6, 6.07) is 10.4. The molecule has 3 amide bonds. The van der Waals surface area contributed by atoms with Gasteiger partial charge in [0.15, 0.2) is 0 Å². The van der Waals surface area contributed by atoms with Crippen LogP contribution in [0, 0.1) is 16.7 Å². The second kappa shape index (κ2) is 10.5. The van der Waals surface area contributed by atoms with E-state index in [4.69, 9.17) is 4.74 Å². The predicted molar refractivity (Wildman–Crippen MR) is 133 cm³/mol. The quantitative estimate of drug-likeness (QED) is 0.561. The van der Waals surface area contributed by atoms with Crippen LogP contribution in [0.25, 0.3) is 0 Å². The molecular formula is C28H34F2N4O4. The summed E-state index contributed by atoms with van der Waals surface area (Å²) in [5, 5.41) is 9.42. The first-order valence-electron chi connectivity index (χ1n) is 13.5. The van der Waals surface area contributed by atoms with Crippen LogP contribution in [-0.4, -0.2) is 82.7 Å². The van der Waals surface area contributed by atoms with Gasteiger partial charge in [-0.25, -0.2) is 13.6 Å². The zero-order chi connectivity index (χ0) is 26.9. The van der Waals surface area contributed by atoms with Gasteiger partial charge in [0, 0.05) is 23.9 Å². The average molecular weight is 529 g/mol. The van der Waals surface area contributed by atoms with Crippen molar-refractivity contribution < 1.29 is 27.9 Å². The molecule has 10 heteroatoms. The summed E-state index contributed by atoms with van der Waals surface area (Å²) >= 11 is 0. The minimum atomic E-state index is -1.27. The zero-order valence-electron chi connectivity index (χ0n) is 21.5. The first-order valence-corrected chi connectivity index (χ1v) is 13.5. The third kappa shape index (κ3) is 4.95. The molecule has 0 radical (unpaired) electrons. The minimum Gasteiger partial charge on any atom is -0.445 e. The molecular weight excluding hydrogens is 494 g/mol. The van der Waals surface area contributed by atoms with Crippen molar-refractivity contribution in [3.05, 3.63) is 35.9 Å². The number of carbonyl (C=O) groups is 3. The molecule has 2 aliphatic heterocycles. The summed E-state index contributed by atoms with van der Waals surface area (Å²) in [5.41, 5.74) is -0.420. The summed E-state index contributed by atoms with van der Waals surface area (Å²) in [6.07, 6.45) is 0.660. The van der Waals surface area contributed by atoms with Gasteiger partial charge in [0.25, 0.3) is 0 Å². The smallest absolute Gasteiger partial charge is 0.411 e. The molecule has 2 bridgehead atoms. The third-order valence-electron chi connectivity index (χ3n) is 9.09. The van der Waals surface area contributed by atoms with E-state index in [9.17, 15) is 28.4 Å². The fraction of sp³-hybridized carbons (Fsp3) is 0.643. The molecule has 6 rings (SSSR count). The maximum absolute atomic E-state index is 14.0. The average Bonchev–Trinajstić information content (AvgIpc) is 3.56. The Balaban J connectivity index is 1.33. The molecule has 8 nitrogen and oxygen atoms in total. The van der Waals surface area contributed by atoms with Crippen LogP contribution < -0.4 is 0 Å². The number of likely N-dealkylation sites (tertiary alicyclic amines) is 2. The number of fused-ring (bicyclic) bond motifs is 3. The van der Waals surface area contributed by atoms with Gasteiger partial charge in [-0.2, -0.15) is 5.26 Å². The van der Waals surface area contributed by atoms with Crippen LogP contribution in [0.5, 0.6) is 0 Å². The number of alkyl halides is 2. The Hall–Kier alpha value is -3.22. The number of carbonyl (C=O) groups excluding carboxylic acids is 3. The summed E-state index contributed by atoms with van der Waals surface area (Å²) in [4.78, 5) is 44.5. The monoisotopic (exact) mass is 528 g/mol. The van der Waals surface area contributed by atoms with Gasteiger partial charge in [0.1, 0.15) is 31.5 Å². The second-order valence-electron chi connectivity index (χ2n) is 11.3. The highest BCUT2D eigenvalue weighted by molar-refractivity contribution is 5.85. The summed E-state index contributed by atoms with van der Waals surface area (Å²) in [5.74, 6) is -0.476. The lowest BCUT2D eigenvalue weighted by molar-refractivity contribution is -0.153. The molecule has 2 heterocycles. The van der Waals surface area contributed by atoms with Crippen molar-refractivity contribution in [1.82, 2.24) is 14.7 Å². The number of hydrogen-bond acceptors (Lipinski definition) is 5. The Morgan fingerprint density at radius 1 is 1.03 bits per heavy atom. The van der Waals surface area contributed by atoms with E-state index in [0.29, 0.717) is 51.5 Å². The van der Waals surface area contributed by atoms with E-state index in [2.05, 4.69) is 0 Å². The molecule has 1 aromatic carbocycles. The number of ether oxygens (including phenoxy) is 1. The van der Waals surface area contributed by atoms with Gasteiger partial charge >= 0.3 is 6.09 Å². The van der Waals surface area contributed by atoms with E-state index >= 15 is 0 Å². The lowest BCUT2D eigenvalue weighted by Gasteiger charge is -2.56. The second-order valence-corrected chi connectivity index (χ2v) is 11.3. The molecule has 3 aliphatic carbocycles. The number of benzene rings is 1. The fourth-order valence-electron chi connectivity index (χ4n) is 6.76. The topological polar surface area (TPSA) is 94.0 Å². The Morgan fingerprint density at radius 2 is 1.71 bits per heavy atom. The molecule has 0 N–H and O–H groups in total. The Kier molecular flexibility index (Phi) is 7.30.